The molecule has 0 rings (SSSR count). The van der Waals surface area contributed by atoms with Gasteiger partial charge in [0.15, 0.2) is 0 Å². The first-order valence-corrected chi connectivity index (χ1v) is 5.91. The highest BCUT2D eigenvalue weighted by molar-refractivity contribution is 5.83. The molecule has 5 nitrogen and oxygen atoms in total. The number of carboxylic acids is 1. The van der Waals surface area contributed by atoms with Gasteiger partial charge in [0.05, 0.1) is 0 Å². The molecule has 0 radical (unpaired) electrons. The zero-order chi connectivity index (χ0) is 13.6. The van der Waals surface area contributed by atoms with E-state index < -0.39 is 23.5 Å². The van der Waals surface area contributed by atoms with Crippen LogP contribution in [0.4, 0.5) is 4.79 Å². The molecule has 17 heavy (non-hydrogen) atoms. The third-order valence-corrected chi connectivity index (χ3v) is 2.40. The summed E-state index contributed by atoms with van der Waals surface area (Å²) < 4.78 is 0. The summed E-state index contributed by atoms with van der Waals surface area (Å²) in [5, 5.41) is 14.2. The molecule has 0 heterocycles. The summed E-state index contributed by atoms with van der Waals surface area (Å²) in [5.74, 6) is -0.510. The Balaban J connectivity index is 4.20. The smallest absolute Gasteiger partial charge is 0.326 e. The van der Waals surface area contributed by atoms with Gasteiger partial charge in [0.25, 0.3) is 0 Å². The second kappa shape index (κ2) is 6.47. The fraction of sp³-hybridized carbons (Fsp3) is 0.833. The van der Waals surface area contributed by atoms with E-state index in [1.165, 1.54) is 0 Å². The van der Waals surface area contributed by atoms with Gasteiger partial charge in [-0.2, -0.15) is 0 Å². The van der Waals surface area contributed by atoms with Gasteiger partial charge in [0.1, 0.15) is 6.04 Å². The second-order valence-electron chi connectivity index (χ2n) is 5.72. The quantitative estimate of drug-likeness (QED) is 0.690. The van der Waals surface area contributed by atoms with E-state index in [1.54, 1.807) is 20.8 Å². The zero-order valence-corrected chi connectivity index (χ0v) is 11.3. The third-order valence-electron chi connectivity index (χ3n) is 2.40. The molecule has 0 saturated heterocycles. The van der Waals surface area contributed by atoms with Crippen molar-refractivity contribution in [3.63, 3.8) is 0 Å². The van der Waals surface area contributed by atoms with Gasteiger partial charge in [-0.15, -0.1) is 0 Å². The van der Waals surface area contributed by atoms with Crippen LogP contribution in [0.3, 0.4) is 0 Å². The van der Waals surface area contributed by atoms with Crippen molar-refractivity contribution in [2.75, 3.05) is 6.54 Å². The van der Waals surface area contributed by atoms with Crippen LogP contribution in [-0.2, 0) is 4.79 Å². The van der Waals surface area contributed by atoms with Crippen molar-refractivity contribution in [1.82, 2.24) is 10.6 Å². The molecule has 2 amide bonds. The molecule has 0 unspecified atom stereocenters. The minimum Gasteiger partial charge on any atom is -0.480 e. The molecule has 1 atom stereocenters. The van der Waals surface area contributed by atoms with Crippen molar-refractivity contribution in [3.8, 4) is 0 Å². The summed E-state index contributed by atoms with van der Waals surface area (Å²) in [6.07, 6.45) is 0.876. The molecular formula is C12H24N2O3. The van der Waals surface area contributed by atoms with Crippen molar-refractivity contribution in [1.29, 1.82) is 0 Å². The molecule has 0 aromatic rings. The van der Waals surface area contributed by atoms with Gasteiger partial charge in [-0.05, 0) is 17.8 Å². The number of amides is 2. The van der Waals surface area contributed by atoms with Crippen molar-refractivity contribution in [2.45, 2.75) is 47.1 Å². The number of aliphatic carboxylic acids is 1. The molecular weight excluding hydrogens is 220 g/mol. The molecule has 3 N–H and O–H groups in total. The van der Waals surface area contributed by atoms with Gasteiger partial charge in [-0.1, -0.05) is 34.6 Å². The molecule has 0 aliphatic rings. The lowest BCUT2D eigenvalue weighted by atomic mass is 9.87. The normalized spacial score (nSPS) is 13.3. The van der Waals surface area contributed by atoms with Crippen LogP contribution in [0.15, 0.2) is 0 Å². The van der Waals surface area contributed by atoms with Gasteiger partial charge in [0.2, 0.25) is 0 Å². The van der Waals surface area contributed by atoms with E-state index in [4.69, 9.17) is 5.11 Å². The van der Waals surface area contributed by atoms with E-state index in [1.807, 2.05) is 0 Å². The number of urea groups is 1. The molecule has 0 aliphatic carbocycles. The molecule has 5 heteroatoms. The molecule has 0 spiro atoms. The molecule has 0 bridgehead atoms. The molecule has 0 aromatic heterocycles. The van der Waals surface area contributed by atoms with Crippen LogP contribution in [0.5, 0.6) is 0 Å². The largest absolute Gasteiger partial charge is 0.480 e. The van der Waals surface area contributed by atoms with Gasteiger partial charge in [-0.3, -0.25) is 0 Å². The van der Waals surface area contributed by atoms with Crippen LogP contribution >= 0.6 is 0 Å². The number of nitrogens with one attached hydrogen (secondary N) is 2. The van der Waals surface area contributed by atoms with E-state index in [-0.39, 0.29) is 0 Å². The average Bonchev–Trinajstić information content (AvgIpc) is 2.11. The predicted octanol–water partition coefficient (Wildman–Crippen LogP) is 1.83. The molecule has 0 saturated carbocycles. The van der Waals surface area contributed by atoms with Crippen LogP contribution in [0.1, 0.15) is 41.0 Å². The minimum atomic E-state index is -1.02. The Kier molecular flexibility index (Phi) is 5.99. The Labute approximate surface area is 103 Å². The topological polar surface area (TPSA) is 78.4 Å². The number of carbonyl (C=O) groups is 2. The molecule has 100 valence electrons. The van der Waals surface area contributed by atoms with E-state index >= 15 is 0 Å². The van der Waals surface area contributed by atoms with E-state index in [9.17, 15) is 9.59 Å². The number of carbonyl (C=O) groups excluding carboxylic acids is 1. The van der Waals surface area contributed by atoms with Crippen LogP contribution in [0.25, 0.3) is 0 Å². The Morgan fingerprint density at radius 2 is 1.76 bits per heavy atom. The lowest BCUT2D eigenvalue weighted by molar-refractivity contribution is -0.141. The second-order valence-corrected chi connectivity index (χ2v) is 5.72. The lowest BCUT2D eigenvalue weighted by Crippen LogP contribution is -2.52. The third kappa shape index (κ3) is 6.81. The van der Waals surface area contributed by atoms with Gasteiger partial charge >= 0.3 is 12.0 Å². The average molecular weight is 244 g/mol. The SMILES string of the molecule is CC(C)CCNC(=O)N[C@H](C(=O)O)C(C)(C)C. The fourth-order valence-electron chi connectivity index (χ4n) is 1.31. The predicted molar refractivity (Wildman–Crippen MR) is 66.9 cm³/mol. The van der Waals surface area contributed by atoms with Crippen LogP contribution in [-0.4, -0.2) is 29.7 Å². The van der Waals surface area contributed by atoms with E-state index in [0.717, 1.165) is 6.42 Å². The lowest BCUT2D eigenvalue weighted by Gasteiger charge is -2.27. The Morgan fingerprint density at radius 1 is 1.24 bits per heavy atom. The number of hydrogen-bond acceptors (Lipinski definition) is 2. The minimum absolute atomic E-state index is 0.423. The fourth-order valence-corrected chi connectivity index (χ4v) is 1.31. The van der Waals surface area contributed by atoms with Gasteiger partial charge in [0, 0.05) is 6.54 Å². The van der Waals surface area contributed by atoms with Crippen LogP contribution < -0.4 is 10.6 Å². The van der Waals surface area contributed by atoms with E-state index in [0.29, 0.717) is 12.5 Å². The van der Waals surface area contributed by atoms with Crippen molar-refractivity contribution < 1.29 is 14.7 Å². The standard InChI is InChI=1S/C12H24N2O3/c1-8(2)6-7-13-11(17)14-9(10(15)16)12(3,4)5/h8-9H,6-7H2,1-5H3,(H,15,16)(H2,13,14,17)/t9-/m1/s1. The van der Waals surface area contributed by atoms with Crippen molar-refractivity contribution >= 4 is 12.0 Å². The van der Waals surface area contributed by atoms with Crippen molar-refractivity contribution in [3.05, 3.63) is 0 Å². The monoisotopic (exact) mass is 244 g/mol. The maximum absolute atomic E-state index is 11.5. The molecule has 0 fully saturated rings. The summed E-state index contributed by atoms with van der Waals surface area (Å²) >= 11 is 0. The number of hydrogen-bond donors (Lipinski definition) is 3. The first kappa shape index (κ1) is 15.7. The summed E-state index contributed by atoms with van der Waals surface area (Å²) in [6.45, 7) is 10.0. The zero-order valence-electron chi connectivity index (χ0n) is 11.3. The summed E-state index contributed by atoms with van der Waals surface area (Å²) in [6, 6.07) is -1.31. The Hall–Kier alpha value is -1.26. The highest BCUT2D eigenvalue weighted by atomic mass is 16.4. The summed E-state index contributed by atoms with van der Waals surface area (Å²) in [5.41, 5.74) is -0.513. The maximum atomic E-state index is 11.5. The van der Waals surface area contributed by atoms with E-state index in [2.05, 4.69) is 24.5 Å². The first-order valence-electron chi connectivity index (χ1n) is 5.91. The first-order chi connectivity index (χ1) is 7.64. The highest BCUT2D eigenvalue weighted by Crippen LogP contribution is 2.19. The molecule has 0 aromatic carbocycles. The number of carboxylic acid groups (broad SMARTS) is 1. The highest BCUT2D eigenvalue weighted by Gasteiger charge is 2.32. The van der Waals surface area contributed by atoms with Gasteiger partial charge < -0.3 is 15.7 Å². The maximum Gasteiger partial charge on any atom is 0.326 e. The van der Waals surface area contributed by atoms with Crippen LogP contribution in [0.2, 0.25) is 0 Å². The summed E-state index contributed by atoms with van der Waals surface area (Å²) in [7, 11) is 0. The van der Waals surface area contributed by atoms with Crippen molar-refractivity contribution in [2.24, 2.45) is 11.3 Å². The van der Waals surface area contributed by atoms with Crippen LogP contribution in [0, 0.1) is 11.3 Å². The molecule has 0 aliphatic heterocycles. The Bertz CT molecular complexity index is 269. The summed E-state index contributed by atoms with van der Waals surface area (Å²) in [4.78, 5) is 22.5. The van der Waals surface area contributed by atoms with Gasteiger partial charge in [-0.25, -0.2) is 9.59 Å². The number of rotatable bonds is 5. The Morgan fingerprint density at radius 3 is 2.12 bits per heavy atom.